The molecule has 2 aromatic heterocycles. The Morgan fingerprint density at radius 2 is 1.73 bits per heavy atom. The lowest BCUT2D eigenvalue weighted by molar-refractivity contribution is 0.0745. The zero-order valence-corrected chi connectivity index (χ0v) is 19.5. The Morgan fingerprint density at radius 3 is 2.39 bits per heavy atom. The molecule has 0 unspecified atom stereocenters. The SMILES string of the molecule is Cc1ccc2oc(N3CCN(C(=O)c4ccc(N5CNC(C(C)(C)C)=N5)cc4)CC3)nc2n1. The summed E-state index contributed by atoms with van der Waals surface area (Å²) < 4.78 is 5.86. The number of amidine groups is 1. The lowest BCUT2D eigenvalue weighted by Crippen LogP contribution is -2.48. The quantitative estimate of drug-likeness (QED) is 0.659. The largest absolute Gasteiger partial charge is 0.422 e. The van der Waals surface area contributed by atoms with Gasteiger partial charge in [0.1, 0.15) is 12.5 Å². The first-order valence-electron chi connectivity index (χ1n) is 11.3. The van der Waals surface area contributed by atoms with Gasteiger partial charge >= 0.3 is 0 Å². The van der Waals surface area contributed by atoms with Crippen molar-refractivity contribution in [2.75, 3.05) is 42.8 Å². The summed E-state index contributed by atoms with van der Waals surface area (Å²) in [5, 5.41) is 9.93. The fraction of sp³-hybridized carbons (Fsp3) is 0.417. The third-order valence-electron chi connectivity index (χ3n) is 5.96. The van der Waals surface area contributed by atoms with Gasteiger partial charge in [-0.2, -0.15) is 10.1 Å². The third-order valence-corrected chi connectivity index (χ3v) is 5.96. The zero-order valence-electron chi connectivity index (χ0n) is 19.5. The summed E-state index contributed by atoms with van der Waals surface area (Å²) in [6.45, 7) is 11.5. The number of nitrogens with zero attached hydrogens (tertiary/aromatic N) is 6. The number of benzene rings is 1. The van der Waals surface area contributed by atoms with Gasteiger partial charge in [0.15, 0.2) is 5.58 Å². The maximum Gasteiger partial charge on any atom is 0.300 e. The Kier molecular flexibility index (Phi) is 5.19. The highest BCUT2D eigenvalue weighted by atomic mass is 16.4. The number of aromatic nitrogens is 2. The smallest absolute Gasteiger partial charge is 0.300 e. The first kappa shape index (κ1) is 21.2. The van der Waals surface area contributed by atoms with Gasteiger partial charge in [-0.3, -0.25) is 4.79 Å². The van der Waals surface area contributed by atoms with E-state index in [-0.39, 0.29) is 11.3 Å². The second-order valence-electron chi connectivity index (χ2n) is 9.53. The maximum absolute atomic E-state index is 13.0. The maximum atomic E-state index is 13.0. The molecule has 0 atom stereocenters. The Balaban J connectivity index is 1.21. The molecule has 4 heterocycles. The summed E-state index contributed by atoms with van der Waals surface area (Å²) in [5.74, 6) is 1.000. The number of carbonyl (C=O) groups excluding carboxylic acids is 1. The molecule has 9 nitrogen and oxygen atoms in total. The van der Waals surface area contributed by atoms with Crippen molar-refractivity contribution in [1.29, 1.82) is 0 Å². The number of hydrogen-bond donors (Lipinski definition) is 1. The second-order valence-corrected chi connectivity index (χ2v) is 9.53. The van der Waals surface area contributed by atoms with Gasteiger partial charge in [0.05, 0.1) is 5.69 Å². The number of hydrogen-bond acceptors (Lipinski definition) is 8. The van der Waals surface area contributed by atoms with Crippen LogP contribution < -0.4 is 15.2 Å². The molecule has 1 N–H and O–H groups in total. The van der Waals surface area contributed by atoms with Crippen LogP contribution in [-0.2, 0) is 0 Å². The van der Waals surface area contributed by atoms with E-state index in [0.29, 0.717) is 55.7 Å². The monoisotopic (exact) mass is 447 g/mol. The van der Waals surface area contributed by atoms with Crippen LogP contribution in [0.2, 0.25) is 0 Å². The minimum Gasteiger partial charge on any atom is -0.422 e. The van der Waals surface area contributed by atoms with E-state index in [1.807, 2.05) is 53.2 Å². The Bertz CT molecular complexity index is 1200. The van der Waals surface area contributed by atoms with Gasteiger partial charge in [-0.25, -0.2) is 9.99 Å². The molecule has 2 aliphatic heterocycles. The van der Waals surface area contributed by atoms with Crippen molar-refractivity contribution < 1.29 is 9.21 Å². The van der Waals surface area contributed by atoms with Gasteiger partial charge in [-0.1, -0.05) is 20.8 Å². The number of aryl methyl sites for hydroxylation is 1. The first-order valence-corrected chi connectivity index (χ1v) is 11.3. The number of fused-ring (bicyclic) bond motifs is 1. The van der Waals surface area contributed by atoms with E-state index >= 15 is 0 Å². The lowest BCUT2D eigenvalue weighted by Gasteiger charge is -2.33. The Hall–Kier alpha value is -3.62. The number of anilines is 2. The van der Waals surface area contributed by atoms with Gasteiger partial charge in [0.25, 0.3) is 11.9 Å². The number of carbonyl (C=O) groups is 1. The summed E-state index contributed by atoms with van der Waals surface area (Å²) in [5.41, 5.74) is 3.83. The van der Waals surface area contributed by atoms with Crippen LogP contribution in [0.25, 0.3) is 11.2 Å². The van der Waals surface area contributed by atoms with E-state index in [0.717, 1.165) is 17.2 Å². The van der Waals surface area contributed by atoms with Crippen molar-refractivity contribution in [3.63, 3.8) is 0 Å². The predicted octanol–water partition coefficient (Wildman–Crippen LogP) is 3.22. The van der Waals surface area contributed by atoms with Crippen LogP contribution >= 0.6 is 0 Å². The number of nitrogens with one attached hydrogen (secondary N) is 1. The molecule has 3 aromatic rings. The second kappa shape index (κ2) is 8.06. The molecule has 1 fully saturated rings. The summed E-state index contributed by atoms with van der Waals surface area (Å²) in [7, 11) is 0. The summed E-state index contributed by atoms with van der Waals surface area (Å²) >= 11 is 0. The van der Waals surface area contributed by atoms with Gasteiger partial charge < -0.3 is 19.5 Å². The molecule has 2 aliphatic rings. The van der Waals surface area contributed by atoms with Gasteiger partial charge in [-0.05, 0) is 43.3 Å². The Morgan fingerprint density at radius 1 is 1.00 bits per heavy atom. The van der Waals surface area contributed by atoms with E-state index in [2.05, 4.69) is 46.1 Å². The molecule has 9 heteroatoms. The molecule has 1 amide bonds. The minimum atomic E-state index is -0.0276. The third kappa shape index (κ3) is 4.22. The van der Waals surface area contributed by atoms with E-state index in [9.17, 15) is 4.79 Å². The zero-order chi connectivity index (χ0) is 23.2. The molecular weight excluding hydrogens is 418 g/mol. The highest BCUT2D eigenvalue weighted by Crippen LogP contribution is 2.24. The molecule has 0 aliphatic carbocycles. The molecular formula is C24H29N7O2. The topological polar surface area (TPSA) is 90.1 Å². The highest BCUT2D eigenvalue weighted by molar-refractivity contribution is 5.95. The van der Waals surface area contributed by atoms with Crippen molar-refractivity contribution in [2.45, 2.75) is 27.7 Å². The summed E-state index contributed by atoms with van der Waals surface area (Å²) in [6, 6.07) is 12.0. The van der Waals surface area contributed by atoms with Crippen LogP contribution in [-0.4, -0.2) is 59.5 Å². The van der Waals surface area contributed by atoms with Crippen LogP contribution in [0.3, 0.4) is 0 Å². The summed E-state index contributed by atoms with van der Waals surface area (Å²) in [6.07, 6.45) is 0. The molecule has 0 spiro atoms. The molecule has 0 saturated carbocycles. The normalized spacial score (nSPS) is 16.8. The van der Waals surface area contributed by atoms with Crippen molar-refractivity contribution >= 4 is 34.7 Å². The van der Waals surface area contributed by atoms with Crippen molar-refractivity contribution in [2.24, 2.45) is 10.5 Å². The van der Waals surface area contributed by atoms with Gasteiger partial charge in [0, 0.05) is 42.9 Å². The fourth-order valence-corrected chi connectivity index (χ4v) is 4.00. The predicted molar refractivity (Wildman–Crippen MR) is 128 cm³/mol. The van der Waals surface area contributed by atoms with Crippen LogP contribution in [0.15, 0.2) is 45.9 Å². The van der Waals surface area contributed by atoms with Gasteiger partial charge in [0.2, 0.25) is 5.65 Å². The van der Waals surface area contributed by atoms with Crippen molar-refractivity contribution in [1.82, 2.24) is 20.2 Å². The highest BCUT2D eigenvalue weighted by Gasteiger charge is 2.27. The average molecular weight is 448 g/mol. The van der Waals surface area contributed by atoms with E-state index in [1.165, 1.54) is 0 Å². The van der Waals surface area contributed by atoms with E-state index < -0.39 is 0 Å². The minimum absolute atomic E-state index is 0.0276. The van der Waals surface area contributed by atoms with Crippen LogP contribution in [0.4, 0.5) is 11.7 Å². The van der Waals surface area contributed by atoms with Crippen LogP contribution in [0.1, 0.15) is 36.8 Å². The average Bonchev–Trinajstić information content (AvgIpc) is 3.46. The number of hydrazone groups is 1. The van der Waals surface area contributed by atoms with Crippen molar-refractivity contribution in [3.8, 4) is 0 Å². The molecule has 1 saturated heterocycles. The summed E-state index contributed by atoms with van der Waals surface area (Å²) in [4.78, 5) is 25.9. The molecule has 5 rings (SSSR count). The number of amides is 1. The number of piperazine rings is 1. The van der Waals surface area contributed by atoms with E-state index in [1.54, 1.807) is 0 Å². The molecule has 172 valence electrons. The molecule has 1 aromatic carbocycles. The van der Waals surface area contributed by atoms with Crippen LogP contribution in [0, 0.1) is 12.3 Å². The van der Waals surface area contributed by atoms with Crippen molar-refractivity contribution in [3.05, 3.63) is 47.7 Å². The lowest BCUT2D eigenvalue weighted by atomic mass is 9.95. The standard InChI is InChI=1S/C24H29N7O2/c1-16-5-10-19-20(26-16)27-23(33-19)30-13-11-29(12-14-30)21(32)17-6-8-18(9-7-17)31-15-25-22(28-31)24(2,3)4/h5-10H,11-15H2,1-4H3,(H,25,28). The van der Waals surface area contributed by atoms with E-state index in [4.69, 9.17) is 4.42 Å². The number of oxazole rings is 1. The fourth-order valence-electron chi connectivity index (χ4n) is 4.00. The molecule has 0 radical (unpaired) electrons. The molecule has 33 heavy (non-hydrogen) atoms. The first-order chi connectivity index (χ1) is 15.8. The van der Waals surface area contributed by atoms with Gasteiger partial charge in [-0.15, -0.1) is 0 Å². The molecule has 0 bridgehead atoms. The Labute approximate surface area is 193 Å². The number of pyridine rings is 1. The van der Waals surface area contributed by atoms with Crippen LogP contribution in [0.5, 0.6) is 0 Å². The number of rotatable bonds is 3.